The predicted octanol–water partition coefficient (Wildman–Crippen LogP) is -5.58. The number of unbranched alkanes of at least 4 members (excludes halogenated alkanes) is 3. The molecule has 0 aromatic heterocycles. The van der Waals surface area contributed by atoms with E-state index in [0.29, 0.717) is 63.4 Å². The van der Waals surface area contributed by atoms with Crippen molar-refractivity contribution >= 4 is 79.0 Å². The van der Waals surface area contributed by atoms with Crippen LogP contribution < -0.4 is 53.2 Å². The van der Waals surface area contributed by atoms with Gasteiger partial charge in [-0.05, 0) is 75.7 Å². The van der Waals surface area contributed by atoms with Gasteiger partial charge in [0.1, 0.15) is 85.2 Å². The third kappa shape index (κ3) is 42.2. The highest BCUT2D eigenvalue weighted by Crippen LogP contribution is 2.45. The molecule has 12 unspecified atom stereocenters. The molecule has 48 heteroatoms. The number of β-amino-alcohol motifs (C(OH)–C–C–N with tert-alkyl or cyclic N) is 1. The maximum atomic E-state index is 14.6. The Morgan fingerprint density at radius 1 is 0.473 bits per heavy atom. The first-order valence-electron chi connectivity index (χ1n) is 43.5. The maximum Gasteiger partial charge on any atom is 0.532 e. The highest BCUT2D eigenvalue weighted by Gasteiger charge is 2.49. The first-order chi connectivity index (χ1) is 61.5. The van der Waals surface area contributed by atoms with Crippen LogP contribution >= 0.6 is 7.82 Å². The minimum absolute atomic E-state index is 0.0394. The van der Waals surface area contributed by atoms with E-state index >= 15 is 0 Å². The molecule has 21 N–H and O–H groups in total. The summed E-state index contributed by atoms with van der Waals surface area (Å²) in [5.41, 5.74) is -1.12. The van der Waals surface area contributed by atoms with Crippen molar-refractivity contribution in [3.63, 3.8) is 0 Å². The van der Waals surface area contributed by atoms with Gasteiger partial charge in [-0.2, -0.15) is 0 Å². The number of phosphoric acid groups is 1. The Kier molecular flexibility index (Phi) is 52.1. The van der Waals surface area contributed by atoms with Crippen LogP contribution in [0.25, 0.3) is 0 Å². The van der Waals surface area contributed by atoms with Crippen LogP contribution in [-0.2, 0) is 120 Å². The van der Waals surface area contributed by atoms with Gasteiger partial charge >= 0.3 is 14.0 Å². The number of hydrogen-bond donors (Lipinski definition) is 21. The third-order valence-corrected chi connectivity index (χ3v) is 22.0. The van der Waals surface area contributed by atoms with Crippen LogP contribution in [0.3, 0.4) is 0 Å². The Labute approximate surface area is 748 Å². The van der Waals surface area contributed by atoms with E-state index in [1.165, 1.54) is 32.6 Å². The number of phosphoric ester groups is 1. The zero-order chi connectivity index (χ0) is 95.0. The molecule has 0 bridgehead atoms. The van der Waals surface area contributed by atoms with Crippen LogP contribution in [0, 0.1) is 11.8 Å². The summed E-state index contributed by atoms with van der Waals surface area (Å²) in [7, 11) is -5.14. The largest absolute Gasteiger partial charge is 0.532 e. The van der Waals surface area contributed by atoms with Crippen LogP contribution in [0.15, 0.2) is 30.3 Å². The van der Waals surface area contributed by atoms with E-state index in [0.717, 1.165) is 0 Å². The van der Waals surface area contributed by atoms with Gasteiger partial charge in [-0.1, -0.05) is 44.2 Å². The highest BCUT2D eigenvalue weighted by molar-refractivity contribution is 7.48. The molecule has 5 rings (SSSR count). The lowest BCUT2D eigenvalue weighted by molar-refractivity contribution is -0.270. The van der Waals surface area contributed by atoms with Gasteiger partial charge in [0, 0.05) is 137 Å². The van der Waals surface area contributed by atoms with Crippen molar-refractivity contribution in [2.75, 3.05) is 132 Å². The number of nitrogens with zero attached hydrogens (tertiary/aromatic N) is 1. The first-order valence-corrected chi connectivity index (χ1v) is 45.0. The second kappa shape index (κ2) is 60.2. The molecule has 20 atom stereocenters. The number of amides is 11. The predicted molar refractivity (Wildman–Crippen MR) is 447 cm³/mol. The fourth-order valence-corrected chi connectivity index (χ4v) is 14.6. The standard InChI is InChI=1S/C81H136N11O36P/c1-49(50(2)76(113)92-40-56(99)39-55(92)45-124-129(115,116)128-80(114)123-44-54-18-7-6-8-19-54)38-66(106)91-81(46-117-35-23-63(103)85-29-15-26-82-60(100)20-9-12-32-120-77-67(88-51(3)96)73(110)70(107)57(41-93)125-77,47-118-36-24-64(104)86-30-16-27-83-61(101)21-10-13-33-121-78-68(89-52(4)97)74(111)71(108)58(42-94)126-78)48-119-37-25-65(105)87-31-17-28-84-62(102)22-11-14-34-122-79-69(90-53(5)98)75(112)72(109)59(43-95)127-79/h6-8,18-19,49-50,55-59,67-75,77-79,93-95,99,107-112H,9-17,20-48H2,1-5H3,(H,82,100)(H,83,101)(H,84,102)(H,85,103)(H,86,104)(H,87,105)(H,88,96)(H,89,97)(H,90,98)(H,91,106)(H,115,116)/t49?,50?,55-,56+,57?,58?,59?,67?,68?,69?,70-,71-,72-,73?,74?,75?,77+,78+,79+,81?/m0/s1. The lowest BCUT2D eigenvalue weighted by atomic mass is 9.90. The number of aliphatic hydroxyl groups is 10. The van der Waals surface area contributed by atoms with Crippen molar-refractivity contribution in [3.8, 4) is 0 Å². The van der Waals surface area contributed by atoms with Gasteiger partial charge in [-0.3, -0.25) is 62.2 Å². The molecule has 0 aliphatic carbocycles. The smallest absolute Gasteiger partial charge is 0.429 e. The molecule has 736 valence electrons. The van der Waals surface area contributed by atoms with Crippen molar-refractivity contribution in [2.24, 2.45) is 11.8 Å². The molecule has 1 aromatic rings. The van der Waals surface area contributed by atoms with Gasteiger partial charge in [0.05, 0.1) is 78.2 Å². The molecule has 0 spiro atoms. The van der Waals surface area contributed by atoms with E-state index in [9.17, 15) is 118 Å². The molecule has 4 fully saturated rings. The summed E-state index contributed by atoms with van der Waals surface area (Å²) in [6.07, 6.45) is -16.4. The van der Waals surface area contributed by atoms with E-state index in [-0.39, 0.29) is 161 Å². The Bertz CT molecular complexity index is 3390. The van der Waals surface area contributed by atoms with Crippen molar-refractivity contribution in [1.82, 2.24) is 58.1 Å². The van der Waals surface area contributed by atoms with E-state index < -0.39 is 229 Å². The van der Waals surface area contributed by atoms with Crippen LogP contribution in [0.2, 0.25) is 0 Å². The summed E-state index contributed by atoms with van der Waals surface area (Å²) in [5.74, 6) is -6.89. The van der Waals surface area contributed by atoms with Gasteiger partial charge in [-0.15, -0.1) is 0 Å². The number of likely N-dealkylation sites (tertiary alicyclic amines) is 1. The zero-order valence-corrected chi connectivity index (χ0v) is 74.6. The summed E-state index contributed by atoms with van der Waals surface area (Å²) in [4.78, 5) is 166. The summed E-state index contributed by atoms with van der Waals surface area (Å²) < 4.78 is 79.7. The van der Waals surface area contributed by atoms with Gasteiger partial charge in [0.25, 0.3) is 0 Å². The third-order valence-electron chi connectivity index (χ3n) is 21.2. The van der Waals surface area contributed by atoms with Crippen molar-refractivity contribution in [3.05, 3.63) is 35.9 Å². The molecular weight excluding hydrogens is 1730 g/mol. The van der Waals surface area contributed by atoms with E-state index in [1.807, 2.05) is 0 Å². The van der Waals surface area contributed by atoms with Crippen molar-refractivity contribution in [1.29, 1.82) is 0 Å². The average molecular weight is 1870 g/mol. The van der Waals surface area contributed by atoms with Gasteiger partial charge in [-0.25, -0.2) is 9.36 Å². The minimum atomic E-state index is -5.14. The molecule has 0 radical (unpaired) electrons. The molecule has 4 aliphatic rings. The normalized spacial score (nSPS) is 25.2. The molecule has 4 aliphatic heterocycles. The van der Waals surface area contributed by atoms with Crippen LogP contribution in [0.4, 0.5) is 4.79 Å². The van der Waals surface area contributed by atoms with Crippen molar-refractivity contribution in [2.45, 2.75) is 260 Å². The Morgan fingerprint density at radius 3 is 1.16 bits per heavy atom. The first kappa shape index (κ1) is 112. The molecule has 1 aromatic carbocycles. The summed E-state index contributed by atoms with van der Waals surface area (Å²) in [5, 5.41) is 129. The summed E-state index contributed by atoms with van der Waals surface area (Å²) in [6, 6.07) is 3.99. The molecule has 0 saturated carbocycles. The van der Waals surface area contributed by atoms with Gasteiger partial charge < -0.3 is 161 Å². The zero-order valence-electron chi connectivity index (χ0n) is 73.7. The van der Waals surface area contributed by atoms with Crippen LogP contribution in [0.5, 0.6) is 0 Å². The fraction of sp³-hybridized carbons (Fsp3) is 0.778. The van der Waals surface area contributed by atoms with E-state index in [1.54, 1.807) is 37.3 Å². The van der Waals surface area contributed by atoms with E-state index in [2.05, 4.69) is 57.7 Å². The second-order valence-electron chi connectivity index (χ2n) is 32.1. The maximum absolute atomic E-state index is 14.6. The molecular formula is C81H136N11O36P. The monoisotopic (exact) mass is 1870 g/mol. The van der Waals surface area contributed by atoms with Gasteiger partial charge in [0.15, 0.2) is 18.9 Å². The number of rotatable bonds is 62. The Balaban J connectivity index is 1.19. The second-order valence-corrected chi connectivity index (χ2v) is 33.4. The van der Waals surface area contributed by atoms with Crippen molar-refractivity contribution < 1.29 is 174 Å². The number of carbonyl (C=O) groups excluding carboxylic acids is 12. The van der Waals surface area contributed by atoms with Crippen LogP contribution in [0.1, 0.15) is 149 Å². The Morgan fingerprint density at radius 2 is 0.822 bits per heavy atom. The molecule has 129 heavy (non-hydrogen) atoms. The SMILES string of the molecule is CC(=O)NC1C(O)[C@@H](O)C(CO)O[C@H]1OCCCCC(=O)NCCCNC(=O)CCOCC(COCCC(=O)NCCCNC(=O)CCCCO[C@@H]1OC(CO)[C@H](O)C(O)C1NC(C)=O)(COCCC(=O)NCCCNC(=O)CCCCO[C@@H]1OC(CO)[C@H](O)C(O)C1NC(C)=O)NC(=O)CC(C)C(C)C(=O)N1C[C@H](O)C[C@H]1COP(=O)(O)OC(=O)OCc1ccccc1. The van der Waals surface area contributed by atoms with Gasteiger partial charge in [0.2, 0.25) is 65.0 Å². The van der Waals surface area contributed by atoms with Crippen LogP contribution in [-0.4, -0.2) is 373 Å². The number of ether oxygens (including phenoxy) is 10. The minimum Gasteiger partial charge on any atom is -0.429 e. The Hall–Kier alpha value is -7.95. The average Bonchev–Trinajstić information content (AvgIpc) is 1.12. The highest BCUT2D eigenvalue weighted by atomic mass is 31.2. The quantitative estimate of drug-likeness (QED) is 0.0164. The lowest BCUT2D eigenvalue weighted by Gasteiger charge is -2.42. The molecule has 47 nitrogen and oxygen atoms in total. The summed E-state index contributed by atoms with van der Waals surface area (Å²) >= 11 is 0. The number of benzene rings is 1. The number of hydrogen-bond acceptors (Lipinski definition) is 35. The molecule has 11 amide bonds. The number of carbonyl (C=O) groups is 12. The molecule has 4 heterocycles. The topological polar surface area (TPSA) is 679 Å². The molecule has 4 saturated heterocycles. The number of aliphatic hydroxyl groups excluding tert-OH is 10. The van der Waals surface area contributed by atoms with E-state index in [4.69, 9.17) is 51.9 Å². The number of nitrogens with one attached hydrogen (secondary N) is 10. The fourth-order valence-electron chi connectivity index (χ4n) is 14.0. The lowest BCUT2D eigenvalue weighted by Crippen LogP contribution is -2.64. The summed E-state index contributed by atoms with van der Waals surface area (Å²) in [6.45, 7) is 2.68.